The van der Waals surface area contributed by atoms with Crippen LogP contribution < -0.4 is 0 Å². The van der Waals surface area contributed by atoms with E-state index in [-0.39, 0.29) is 18.2 Å². The summed E-state index contributed by atoms with van der Waals surface area (Å²) in [6.45, 7) is -0.411. The SMILES string of the molecule is OC(CN(CC(F)F)C1CC1)c1ccc(F)c(F)c1. The highest BCUT2D eigenvalue weighted by atomic mass is 19.3. The molecule has 1 unspecified atom stereocenters. The molecule has 106 valence electrons. The lowest BCUT2D eigenvalue weighted by Gasteiger charge is -2.24. The highest BCUT2D eigenvalue weighted by Gasteiger charge is 2.32. The molecule has 1 aliphatic rings. The molecule has 6 heteroatoms. The lowest BCUT2D eigenvalue weighted by molar-refractivity contribution is 0.0501. The molecule has 1 aromatic carbocycles. The zero-order valence-corrected chi connectivity index (χ0v) is 10.2. The van der Waals surface area contributed by atoms with Crippen LogP contribution in [0.5, 0.6) is 0 Å². The van der Waals surface area contributed by atoms with E-state index in [4.69, 9.17) is 0 Å². The van der Waals surface area contributed by atoms with Crippen molar-refractivity contribution in [3.8, 4) is 0 Å². The predicted octanol–water partition coefficient (Wildman–Crippen LogP) is 2.73. The lowest BCUT2D eigenvalue weighted by Crippen LogP contribution is -2.34. The van der Waals surface area contributed by atoms with Crippen molar-refractivity contribution in [2.45, 2.75) is 31.4 Å². The van der Waals surface area contributed by atoms with Crippen molar-refractivity contribution in [2.24, 2.45) is 0 Å². The first-order valence-electron chi connectivity index (χ1n) is 6.12. The number of halogens is 4. The molecule has 1 aliphatic carbocycles. The Bertz CT molecular complexity index is 437. The number of aliphatic hydroxyl groups excluding tert-OH is 1. The molecule has 0 radical (unpaired) electrons. The minimum Gasteiger partial charge on any atom is -0.387 e. The standard InChI is InChI=1S/C13H15F4NO/c14-10-4-1-8(5-11(10)15)12(19)6-18(7-13(16)17)9-2-3-9/h1,4-5,9,12-13,19H,2-3,6-7H2. The van der Waals surface area contributed by atoms with E-state index in [1.807, 2.05) is 0 Å². The van der Waals surface area contributed by atoms with Gasteiger partial charge in [-0.15, -0.1) is 0 Å². The Morgan fingerprint density at radius 1 is 1.16 bits per heavy atom. The molecule has 0 amide bonds. The first-order chi connectivity index (χ1) is 8.97. The summed E-state index contributed by atoms with van der Waals surface area (Å²) < 4.78 is 50.6. The molecule has 1 atom stereocenters. The van der Waals surface area contributed by atoms with Crippen LogP contribution in [0.15, 0.2) is 18.2 Å². The molecule has 19 heavy (non-hydrogen) atoms. The van der Waals surface area contributed by atoms with Crippen LogP contribution in [-0.4, -0.2) is 35.6 Å². The fourth-order valence-electron chi connectivity index (χ4n) is 2.04. The van der Waals surface area contributed by atoms with Crippen LogP contribution in [-0.2, 0) is 0 Å². The van der Waals surface area contributed by atoms with Gasteiger partial charge in [0.25, 0.3) is 6.43 Å². The fraction of sp³-hybridized carbons (Fsp3) is 0.538. The summed E-state index contributed by atoms with van der Waals surface area (Å²) >= 11 is 0. The maximum absolute atomic E-state index is 13.0. The van der Waals surface area contributed by atoms with Gasteiger partial charge in [-0.3, -0.25) is 4.90 Å². The maximum atomic E-state index is 13.0. The van der Waals surface area contributed by atoms with Gasteiger partial charge >= 0.3 is 0 Å². The van der Waals surface area contributed by atoms with E-state index in [0.717, 1.165) is 25.0 Å². The minimum atomic E-state index is -2.47. The molecule has 1 fully saturated rings. The topological polar surface area (TPSA) is 23.5 Å². The normalized spacial score (nSPS) is 17.2. The number of rotatable bonds is 6. The summed E-state index contributed by atoms with van der Waals surface area (Å²) in [4.78, 5) is 1.50. The Morgan fingerprint density at radius 2 is 1.84 bits per heavy atom. The average Bonchev–Trinajstić information content (AvgIpc) is 3.15. The molecular formula is C13H15F4NO. The molecule has 0 aliphatic heterocycles. The Labute approximate surface area is 108 Å². The van der Waals surface area contributed by atoms with Gasteiger partial charge in [-0.25, -0.2) is 17.6 Å². The summed E-state index contributed by atoms with van der Waals surface area (Å²) in [5.74, 6) is -2.05. The van der Waals surface area contributed by atoms with E-state index in [1.54, 1.807) is 0 Å². The molecule has 1 aromatic rings. The number of hydrogen-bond donors (Lipinski definition) is 1. The molecule has 0 heterocycles. The molecule has 0 bridgehead atoms. The molecular weight excluding hydrogens is 262 g/mol. The van der Waals surface area contributed by atoms with E-state index in [2.05, 4.69) is 0 Å². The van der Waals surface area contributed by atoms with Crippen LogP contribution in [0, 0.1) is 11.6 Å². The fourth-order valence-corrected chi connectivity index (χ4v) is 2.04. The highest BCUT2D eigenvalue weighted by Crippen LogP contribution is 2.29. The van der Waals surface area contributed by atoms with Crippen LogP contribution in [0.4, 0.5) is 17.6 Å². The van der Waals surface area contributed by atoms with Crippen molar-refractivity contribution in [1.29, 1.82) is 0 Å². The smallest absolute Gasteiger partial charge is 0.251 e. The van der Waals surface area contributed by atoms with Gasteiger partial charge in [0.15, 0.2) is 11.6 Å². The monoisotopic (exact) mass is 277 g/mol. The van der Waals surface area contributed by atoms with Gasteiger partial charge in [0.05, 0.1) is 12.6 Å². The summed E-state index contributed by atoms with van der Waals surface area (Å²) in [6, 6.07) is 3.14. The second-order valence-electron chi connectivity index (χ2n) is 4.77. The van der Waals surface area contributed by atoms with Gasteiger partial charge in [-0.2, -0.15) is 0 Å². The molecule has 0 spiro atoms. The highest BCUT2D eigenvalue weighted by molar-refractivity contribution is 5.20. The quantitative estimate of drug-likeness (QED) is 0.808. The maximum Gasteiger partial charge on any atom is 0.251 e. The van der Waals surface area contributed by atoms with E-state index < -0.39 is 30.7 Å². The molecule has 2 rings (SSSR count). The number of nitrogens with zero attached hydrogens (tertiary/aromatic N) is 1. The van der Waals surface area contributed by atoms with Crippen molar-refractivity contribution in [3.05, 3.63) is 35.4 Å². The van der Waals surface area contributed by atoms with E-state index in [0.29, 0.717) is 0 Å². The molecule has 2 nitrogen and oxygen atoms in total. The van der Waals surface area contributed by atoms with Gasteiger partial charge in [0.1, 0.15) is 0 Å². The van der Waals surface area contributed by atoms with Crippen molar-refractivity contribution in [3.63, 3.8) is 0 Å². The largest absolute Gasteiger partial charge is 0.387 e. The number of hydrogen-bond acceptors (Lipinski definition) is 2. The number of alkyl halides is 2. The van der Waals surface area contributed by atoms with Crippen LogP contribution in [0.1, 0.15) is 24.5 Å². The van der Waals surface area contributed by atoms with Gasteiger partial charge in [-0.1, -0.05) is 6.07 Å². The van der Waals surface area contributed by atoms with Gasteiger partial charge in [0, 0.05) is 12.6 Å². The Balaban J connectivity index is 2.01. The Kier molecular flexibility index (Phi) is 4.42. The molecule has 0 saturated heterocycles. The number of benzene rings is 1. The van der Waals surface area contributed by atoms with Crippen molar-refractivity contribution in [1.82, 2.24) is 4.90 Å². The van der Waals surface area contributed by atoms with E-state index in [1.165, 1.54) is 11.0 Å². The van der Waals surface area contributed by atoms with E-state index in [9.17, 15) is 22.7 Å². The van der Waals surface area contributed by atoms with Gasteiger partial charge in [0.2, 0.25) is 0 Å². The predicted molar refractivity (Wildman–Crippen MR) is 61.9 cm³/mol. The molecule has 1 saturated carbocycles. The van der Waals surface area contributed by atoms with Crippen LogP contribution >= 0.6 is 0 Å². The summed E-state index contributed by atoms with van der Waals surface area (Å²) in [5.41, 5.74) is 0.193. The van der Waals surface area contributed by atoms with Crippen LogP contribution in [0.3, 0.4) is 0 Å². The van der Waals surface area contributed by atoms with Crippen molar-refractivity contribution >= 4 is 0 Å². The van der Waals surface area contributed by atoms with Gasteiger partial charge < -0.3 is 5.11 Å². The third-order valence-electron chi connectivity index (χ3n) is 3.17. The Morgan fingerprint density at radius 3 is 2.37 bits per heavy atom. The third-order valence-corrected chi connectivity index (χ3v) is 3.17. The van der Waals surface area contributed by atoms with Crippen LogP contribution in [0.2, 0.25) is 0 Å². The first-order valence-corrected chi connectivity index (χ1v) is 6.12. The first kappa shape index (κ1) is 14.3. The van der Waals surface area contributed by atoms with Crippen molar-refractivity contribution in [2.75, 3.05) is 13.1 Å². The number of aliphatic hydroxyl groups is 1. The summed E-state index contributed by atoms with van der Waals surface area (Å²) in [5, 5.41) is 9.92. The molecule has 1 N–H and O–H groups in total. The molecule has 0 aromatic heterocycles. The summed E-state index contributed by atoms with van der Waals surface area (Å²) in [6.07, 6.45) is -1.92. The third kappa shape index (κ3) is 3.91. The van der Waals surface area contributed by atoms with Crippen molar-refractivity contribution < 1.29 is 22.7 Å². The second-order valence-corrected chi connectivity index (χ2v) is 4.77. The zero-order valence-electron chi connectivity index (χ0n) is 10.2. The zero-order chi connectivity index (χ0) is 14.0. The second kappa shape index (κ2) is 5.88. The average molecular weight is 277 g/mol. The minimum absolute atomic E-state index is 0.0000784. The van der Waals surface area contributed by atoms with Crippen LogP contribution in [0.25, 0.3) is 0 Å². The Hall–Kier alpha value is -1.14. The van der Waals surface area contributed by atoms with Gasteiger partial charge in [-0.05, 0) is 30.5 Å². The summed E-state index contributed by atoms with van der Waals surface area (Å²) in [7, 11) is 0. The lowest BCUT2D eigenvalue weighted by atomic mass is 10.1. The van der Waals surface area contributed by atoms with E-state index >= 15 is 0 Å².